The number of pyridine rings is 1. The number of benzene rings is 2. The van der Waals surface area contributed by atoms with E-state index in [0.717, 1.165) is 16.6 Å². The van der Waals surface area contributed by atoms with Gasteiger partial charge in [-0.3, -0.25) is 9.36 Å². The van der Waals surface area contributed by atoms with Gasteiger partial charge in [-0.25, -0.2) is 9.37 Å². The van der Waals surface area contributed by atoms with Crippen molar-refractivity contribution in [2.24, 2.45) is 0 Å². The Morgan fingerprint density at radius 3 is 2.36 bits per heavy atom. The number of aryl methyl sites for hydroxylation is 2. The fourth-order valence-corrected chi connectivity index (χ4v) is 3.38. The zero-order chi connectivity index (χ0) is 24.3. The first-order valence-corrected chi connectivity index (χ1v) is 9.88. The van der Waals surface area contributed by atoms with Crippen LogP contribution >= 0.6 is 0 Å². The largest absolute Gasteiger partial charge is 0.421 e. The average Bonchev–Trinajstić information content (AvgIpc) is 2.73. The van der Waals surface area contributed by atoms with Gasteiger partial charge >= 0.3 is 6.18 Å². The average molecular weight is 459 g/mol. The maximum Gasteiger partial charge on any atom is 0.421 e. The summed E-state index contributed by atoms with van der Waals surface area (Å²) >= 11 is 0. The van der Waals surface area contributed by atoms with Crippen LogP contribution in [-0.4, -0.2) is 14.5 Å². The van der Waals surface area contributed by atoms with Crippen LogP contribution in [0.2, 0.25) is 0 Å². The lowest BCUT2D eigenvalue weighted by molar-refractivity contribution is -0.137. The summed E-state index contributed by atoms with van der Waals surface area (Å²) in [5.74, 6) is -1.28. The second-order valence-corrected chi connectivity index (χ2v) is 7.17. The van der Waals surface area contributed by atoms with Gasteiger partial charge in [-0.1, -0.05) is 31.2 Å². The third-order valence-electron chi connectivity index (χ3n) is 4.90. The van der Waals surface area contributed by atoms with Crippen molar-refractivity contribution in [2.75, 3.05) is 11.5 Å². The van der Waals surface area contributed by atoms with Gasteiger partial charge < -0.3 is 11.5 Å². The molecule has 0 bridgehead atoms. The van der Waals surface area contributed by atoms with Gasteiger partial charge in [0.2, 0.25) is 5.95 Å². The highest BCUT2D eigenvalue weighted by Crippen LogP contribution is 2.31. The Morgan fingerprint density at radius 1 is 1.06 bits per heavy atom. The van der Waals surface area contributed by atoms with E-state index in [1.54, 1.807) is 16.7 Å². The van der Waals surface area contributed by atoms with Crippen molar-refractivity contribution in [3.63, 3.8) is 0 Å². The van der Waals surface area contributed by atoms with Gasteiger partial charge in [0.15, 0.2) is 0 Å². The lowest BCUT2D eigenvalue weighted by Crippen LogP contribution is -2.22. The van der Waals surface area contributed by atoms with Gasteiger partial charge in [-0.2, -0.15) is 18.2 Å². The molecular weight excluding hydrogens is 438 g/mol. The van der Waals surface area contributed by atoms with Gasteiger partial charge in [0.1, 0.15) is 17.2 Å². The monoisotopic (exact) mass is 459 g/mol. The molecule has 0 aliphatic rings. The first kappa shape index (κ1) is 23.7. The van der Waals surface area contributed by atoms with Crippen LogP contribution in [0.1, 0.15) is 23.7 Å². The Hall–Kier alpha value is -3.95. The minimum Gasteiger partial charge on any atom is -0.383 e. The van der Waals surface area contributed by atoms with Crippen LogP contribution < -0.4 is 17.0 Å². The Morgan fingerprint density at radius 2 is 1.76 bits per heavy atom. The number of nitrogens with two attached hydrogens (primary N) is 2. The van der Waals surface area contributed by atoms with Crippen molar-refractivity contribution in [2.45, 2.75) is 26.4 Å². The van der Waals surface area contributed by atoms with Crippen molar-refractivity contribution >= 4 is 22.5 Å². The second-order valence-electron chi connectivity index (χ2n) is 7.17. The van der Waals surface area contributed by atoms with E-state index in [2.05, 4.69) is 9.97 Å². The molecule has 0 spiro atoms. The van der Waals surface area contributed by atoms with Crippen molar-refractivity contribution < 1.29 is 17.6 Å². The number of hydrogen-bond acceptors (Lipinski definition) is 5. The molecule has 0 saturated carbocycles. The molecule has 4 aromatic rings. The number of nitrogen functional groups attached to an aromatic ring is 2. The molecule has 6 nitrogen and oxygen atoms in total. The number of halogens is 4. The summed E-state index contributed by atoms with van der Waals surface area (Å²) in [6.07, 6.45) is -3.27. The quantitative estimate of drug-likeness (QED) is 0.425. The second kappa shape index (κ2) is 9.27. The maximum atomic E-state index is 13.5. The number of hydrogen-bond donors (Lipinski definition) is 2. The van der Waals surface area contributed by atoms with Crippen LogP contribution in [-0.2, 0) is 12.6 Å². The summed E-state index contributed by atoms with van der Waals surface area (Å²) < 4.78 is 51.0. The molecule has 0 saturated heterocycles. The number of alkyl halides is 3. The van der Waals surface area contributed by atoms with Gasteiger partial charge in [-0.05, 0) is 48.6 Å². The van der Waals surface area contributed by atoms with Crippen molar-refractivity contribution in [1.29, 1.82) is 0 Å². The van der Waals surface area contributed by atoms with E-state index >= 15 is 0 Å². The van der Waals surface area contributed by atoms with Crippen molar-refractivity contribution in [1.82, 2.24) is 14.5 Å². The Bertz CT molecular complexity index is 1370. The molecule has 4 N–H and O–H groups in total. The van der Waals surface area contributed by atoms with Crippen LogP contribution in [0, 0.1) is 12.7 Å². The minimum atomic E-state index is -4.53. The standard InChI is InChI=1S/C18H16FNO.C5H5F3N4/c1-3-15-10-13-7-4-6-12(2)17(13)18(21)20(15)16-9-5-8-14(19)11-16;6-5(7,8)2-1-11-4(10)12-3(2)9/h4-11H,3H2,1-2H3;1H,(H4,9,10,11,12). The Balaban J connectivity index is 0.000000218. The minimum absolute atomic E-state index is 0.0898. The summed E-state index contributed by atoms with van der Waals surface area (Å²) in [4.78, 5) is 19.2. The number of anilines is 2. The summed E-state index contributed by atoms with van der Waals surface area (Å²) in [5, 5.41) is 1.63. The van der Waals surface area contributed by atoms with Gasteiger partial charge in [0.05, 0.1) is 11.1 Å². The zero-order valence-corrected chi connectivity index (χ0v) is 17.8. The SMILES string of the molecule is CCc1cc2cccc(C)c2c(=O)n1-c1cccc(F)c1.Nc1ncc(C(F)(F)F)c(N)n1. The highest BCUT2D eigenvalue weighted by molar-refractivity contribution is 5.85. The fourth-order valence-electron chi connectivity index (χ4n) is 3.38. The van der Waals surface area contributed by atoms with E-state index < -0.39 is 17.6 Å². The summed E-state index contributed by atoms with van der Waals surface area (Å²) in [7, 11) is 0. The van der Waals surface area contributed by atoms with Crippen molar-refractivity contribution in [3.05, 3.63) is 87.7 Å². The van der Waals surface area contributed by atoms with E-state index in [1.807, 2.05) is 38.1 Å². The number of aromatic nitrogens is 3. The molecule has 0 amide bonds. The lowest BCUT2D eigenvalue weighted by atomic mass is 10.1. The van der Waals surface area contributed by atoms with E-state index in [0.29, 0.717) is 23.7 Å². The van der Waals surface area contributed by atoms with Crippen LogP contribution in [0.5, 0.6) is 0 Å². The molecule has 0 aliphatic carbocycles. The van der Waals surface area contributed by atoms with Crippen LogP contribution in [0.25, 0.3) is 16.5 Å². The molecule has 0 unspecified atom stereocenters. The summed E-state index contributed by atoms with van der Waals surface area (Å²) in [6.45, 7) is 3.91. The number of nitrogens with zero attached hydrogens (tertiary/aromatic N) is 3. The molecule has 0 radical (unpaired) electrons. The van der Waals surface area contributed by atoms with E-state index in [1.165, 1.54) is 12.1 Å². The first-order valence-electron chi connectivity index (χ1n) is 9.88. The number of rotatable bonds is 2. The fraction of sp³-hybridized carbons (Fsp3) is 0.174. The highest BCUT2D eigenvalue weighted by atomic mass is 19.4. The molecule has 0 atom stereocenters. The van der Waals surface area contributed by atoms with Gasteiger partial charge in [0, 0.05) is 11.9 Å². The van der Waals surface area contributed by atoms with Crippen molar-refractivity contribution in [3.8, 4) is 5.69 Å². The summed E-state index contributed by atoms with van der Waals surface area (Å²) in [5.41, 5.74) is 11.2. The van der Waals surface area contributed by atoms with Gasteiger partial charge in [-0.15, -0.1) is 0 Å². The molecule has 10 heteroatoms. The van der Waals surface area contributed by atoms with E-state index in [-0.39, 0.29) is 17.3 Å². The zero-order valence-electron chi connectivity index (χ0n) is 17.8. The maximum absolute atomic E-state index is 13.5. The Kier molecular flexibility index (Phi) is 6.66. The molecule has 4 rings (SSSR count). The molecular formula is C23H21F4N5O. The lowest BCUT2D eigenvalue weighted by Gasteiger charge is -2.14. The third kappa shape index (κ3) is 5.11. The highest BCUT2D eigenvalue weighted by Gasteiger charge is 2.34. The predicted octanol–water partition coefficient (Wildman–Crippen LogP) is 4.66. The predicted molar refractivity (Wildman–Crippen MR) is 119 cm³/mol. The van der Waals surface area contributed by atoms with E-state index in [9.17, 15) is 22.4 Å². The molecule has 33 heavy (non-hydrogen) atoms. The van der Waals surface area contributed by atoms with Crippen LogP contribution in [0.4, 0.5) is 29.3 Å². The summed E-state index contributed by atoms with van der Waals surface area (Å²) in [6, 6.07) is 14.0. The molecule has 0 fully saturated rings. The molecule has 2 aromatic carbocycles. The third-order valence-corrected chi connectivity index (χ3v) is 4.90. The molecule has 2 aromatic heterocycles. The Labute approximate surface area is 186 Å². The number of fused-ring (bicyclic) bond motifs is 1. The first-order chi connectivity index (χ1) is 15.5. The molecule has 2 heterocycles. The van der Waals surface area contributed by atoms with Crippen LogP contribution in [0.3, 0.4) is 0 Å². The van der Waals surface area contributed by atoms with Gasteiger partial charge in [0.25, 0.3) is 5.56 Å². The van der Waals surface area contributed by atoms with Crippen LogP contribution in [0.15, 0.2) is 59.5 Å². The normalized spacial score (nSPS) is 11.2. The molecule has 172 valence electrons. The topological polar surface area (TPSA) is 99.8 Å². The van der Waals surface area contributed by atoms with E-state index in [4.69, 9.17) is 11.5 Å². The smallest absolute Gasteiger partial charge is 0.383 e. The molecule has 0 aliphatic heterocycles.